The van der Waals surface area contributed by atoms with Crippen LogP contribution in [-0.4, -0.2) is 37.3 Å². The maximum absolute atomic E-state index is 13.2. The Morgan fingerprint density at radius 2 is 1.71 bits per heavy atom. The van der Waals surface area contributed by atoms with Crippen LogP contribution in [0.3, 0.4) is 0 Å². The summed E-state index contributed by atoms with van der Waals surface area (Å²) in [7, 11) is 0. The maximum atomic E-state index is 13.2. The van der Waals surface area contributed by atoms with Crippen molar-refractivity contribution in [2.75, 3.05) is 26.2 Å². The molecule has 21 heavy (non-hydrogen) atoms. The highest BCUT2D eigenvalue weighted by Gasteiger charge is 2.45. The molecule has 0 aliphatic carbocycles. The summed E-state index contributed by atoms with van der Waals surface area (Å²) < 4.78 is 52.7. The van der Waals surface area contributed by atoms with Gasteiger partial charge in [-0.2, -0.15) is 13.2 Å². The molecule has 122 valence electrons. The normalized spacial score (nSPS) is 17.6. The summed E-state index contributed by atoms with van der Waals surface area (Å²) in [6.07, 6.45) is -4.42. The van der Waals surface area contributed by atoms with Crippen molar-refractivity contribution in [3.05, 3.63) is 34.6 Å². The van der Waals surface area contributed by atoms with Crippen LogP contribution in [0, 0.1) is 5.82 Å². The lowest BCUT2D eigenvalue weighted by Gasteiger charge is -2.36. The number of hydrogen-bond donors (Lipinski definition) is 1. The average molecular weight is 370 g/mol. The van der Waals surface area contributed by atoms with E-state index in [1.165, 1.54) is 4.90 Å². The molecule has 9 heteroatoms. The van der Waals surface area contributed by atoms with Crippen LogP contribution in [0.4, 0.5) is 17.6 Å². The lowest BCUT2D eigenvalue weighted by molar-refractivity contribution is -0.187. The number of nitrogens with zero attached hydrogens (tertiary/aromatic N) is 1. The van der Waals surface area contributed by atoms with E-state index in [-0.39, 0.29) is 35.4 Å². The van der Waals surface area contributed by atoms with Gasteiger partial charge in [-0.1, -0.05) is 17.7 Å². The van der Waals surface area contributed by atoms with E-state index in [2.05, 4.69) is 5.32 Å². The van der Waals surface area contributed by atoms with Gasteiger partial charge in [-0.3, -0.25) is 4.90 Å². The first-order valence-corrected chi connectivity index (χ1v) is 6.24. The third-order valence-electron chi connectivity index (χ3n) is 3.09. The van der Waals surface area contributed by atoms with Crippen LogP contribution in [0.5, 0.6) is 0 Å². The Morgan fingerprint density at radius 3 is 2.19 bits per heavy atom. The molecule has 0 saturated carbocycles. The first kappa shape index (κ1) is 20.7. The quantitative estimate of drug-likeness (QED) is 0.797. The summed E-state index contributed by atoms with van der Waals surface area (Å²) in [5.41, 5.74) is -0.0270. The number of halogens is 7. The van der Waals surface area contributed by atoms with Gasteiger partial charge < -0.3 is 5.32 Å². The van der Waals surface area contributed by atoms with Crippen molar-refractivity contribution in [1.29, 1.82) is 0 Å². The third kappa shape index (κ3) is 5.14. The Balaban J connectivity index is 0.00000200. The van der Waals surface area contributed by atoms with Gasteiger partial charge in [-0.25, -0.2) is 4.39 Å². The second-order valence-corrected chi connectivity index (χ2v) is 4.81. The van der Waals surface area contributed by atoms with Crippen LogP contribution >= 0.6 is 36.4 Å². The molecule has 1 heterocycles. The second-order valence-electron chi connectivity index (χ2n) is 4.40. The van der Waals surface area contributed by atoms with Crippen molar-refractivity contribution < 1.29 is 17.6 Å². The van der Waals surface area contributed by atoms with Crippen LogP contribution < -0.4 is 5.32 Å². The molecule has 1 N–H and O–H groups in total. The molecular formula is C12H15Cl3F4N2. The van der Waals surface area contributed by atoms with E-state index in [9.17, 15) is 17.6 Å². The molecule has 0 amide bonds. The van der Waals surface area contributed by atoms with Crippen LogP contribution in [0.25, 0.3) is 0 Å². The van der Waals surface area contributed by atoms with Crippen molar-refractivity contribution in [2.24, 2.45) is 0 Å². The Labute approximate surface area is 137 Å². The van der Waals surface area contributed by atoms with Crippen LogP contribution in [0.1, 0.15) is 11.6 Å². The van der Waals surface area contributed by atoms with E-state index >= 15 is 0 Å². The Bertz CT molecular complexity index is 451. The van der Waals surface area contributed by atoms with Gasteiger partial charge in [-0.15, -0.1) is 24.8 Å². The molecule has 1 aromatic rings. The van der Waals surface area contributed by atoms with E-state index < -0.39 is 18.0 Å². The van der Waals surface area contributed by atoms with E-state index in [0.717, 1.165) is 18.2 Å². The number of rotatable bonds is 2. The molecule has 0 bridgehead atoms. The lowest BCUT2D eigenvalue weighted by atomic mass is 10.0. The number of alkyl halides is 3. The fourth-order valence-electron chi connectivity index (χ4n) is 2.23. The van der Waals surface area contributed by atoms with Crippen LogP contribution in [0.2, 0.25) is 5.02 Å². The number of piperazine rings is 1. The SMILES string of the molecule is Cl.Cl.Fc1ccc([C@H](N2CCNCC2)C(F)(F)F)cc1Cl. The molecule has 1 atom stereocenters. The molecular weight excluding hydrogens is 354 g/mol. The number of hydrogen-bond acceptors (Lipinski definition) is 2. The largest absolute Gasteiger partial charge is 0.408 e. The van der Waals surface area contributed by atoms with Gasteiger partial charge in [0.15, 0.2) is 0 Å². The Kier molecular flexibility index (Phi) is 8.28. The predicted octanol–water partition coefficient (Wildman–Crippen LogP) is 3.83. The Hall–Kier alpha value is -0.270. The van der Waals surface area contributed by atoms with Gasteiger partial charge >= 0.3 is 6.18 Å². The molecule has 0 radical (unpaired) electrons. The maximum Gasteiger partial charge on any atom is 0.408 e. The molecule has 1 aliphatic heterocycles. The molecule has 1 fully saturated rings. The summed E-state index contributed by atoms with van der Waals surface area (Å²) >= 11 is 5.57. The lowest BCUT2D eigenvalue weighted by Crippen LogP contribution is -2.49. The fourth-order valence-corrected chi connectivity index (χ4v) is 2.42. The van der Waals surface area contributed by atoms with E-state index in [1.807, 2.05) is 0 Å². The minimum Gasteiger partial charge on any atom is -0.314 e. The Morgan fingerprint density at radius 1 is 1.14 bits per heavy atom. The zero-order chi connectivity index (χ0) is 14.0. The average Bonchev–Trinajstić information content (AvgIpc) is 2.34. The van der Waals surface area contributed by atoms with Crippen molar-refractivity contribution in [3.8, 4) is 0 Å². The highest BCUT2D eigenvalue weighted by atomic mass is 35.5. The fraction of sp³-hybridized carbons (Fsp3) is 0.500. The first-order chi connectivity index (χ1) is 8.89. The molecule has 1 aliphatic rings. The molecule has 0 unspecified atom stereocenters. The molecule has 1 aromatic carbocycles. The summed E-state index contributed by atoms with van der Waals surface area (Å²) in [5.74, 6) is -0.716. The van der Waals surface area contributed by atoms with Crippen LogP contribution in [0.15, 0.2) is 18.2 Å². The third-order valence-corrected chi connectivity index (χ3v) is 3.38. The van der Waals surface area contributed by atoms with E-state index in [4.69, 9.17) is 11.6 Å². The highest BCUT2D eigenvalue weighted by Crippen LogP contribution is 2.38. The standard InChI is InChI=1S/C12H13ClF4N2.2ClH/c13-9-7-8(1-2-10(9)14)11(12(15,16)17)19-5-3-18-4-6-19;;/h1-2,7,11,18H,3-6H2;2*1H/t11-;;/m0../s1. The predicted molar refractivity (Wildman–Crippen MR) is 79.1 cm³/mol. The van der Waals surface area contributed by atoms with E-state index in [1.54, 1.807) is 0 Å². The van der Waals surface area contributed by atoms with Crippen molar-refractivity contribution in [2.45, 2.75) is 12.2 Å². The van der Waals surface area contributed by atoms with Crippen molar-refractivity contribution >= 4 is 36.4 Å². The van der Waals surface area contributed by atoms with Gasteiger partial charge in [0.05, 0.1) is 5.02 Å². The highest BCUT2D eigenvalue weighted by molar-refractivity contribution is 6.30. The molecule has 0 spiro atoms. The minimum atomic E-state index is -4.42. The van der Waals surface area contributed by atoms with Gasteiger partial charge in [0, 0.05) is 26.2 Å². The zero-order valence-electron chi connectivity index (χ0n) is 10.8. The summed E-state index contributed by atoms with van der Waals surface area (Å²) in [4.78, 5) is 1.33. The topological polar surface area (TPSA) is 15.3 Å². The molecule has 1 saturated heterocycles. The van der Waals surface area contributed by atoms with Crippen molar-refractivity contribution in [3.63, 3.8) is 0 Å². The van der Waals surface area contributed by atoms with Gasteiger partial charge in [0.25, 0.3) is 0 Å². The molecule has 0 aromatic heterocycles. The zero-order valence-corrected chi connectivity index (χ0v) is 13.2. The first-order valence-electron chi connectivity index (χ1n) is 5.86. The van der Waals surface area contributed by atoms with E-state index in [0.29, 0.717) is 26.2 Å². The number of benzene rings is 1. The van der Waals surface area contributed by atoms with Gasteiger partial charge in [0.2, 0.25) is 0 Å². The monoisotopic (exact) mass is 368 g/mol. The molecule has 2 nitrogen and oxygen atoms in total. The van der Waals surface area contributed by atoms with Gasteiger partial charge in [0.1, 0.15) is 11.9 Å². The van der Waals surface area contributed by atoms with Crippen LogP contribution in [-0.2, 0) is 0 Å². The number of nitrogens with one attached hydrogen (secondary N) is 1. The van der Waals surface area contributed by atoms with Crippen molar-refractivity contribution in [1.82, 2.24) is 10.2 Å². The second kappa shape index (κ2) is 8.39. The summed E-state index contributed by atoms with van der Waals surface area (Å²) in [5, 5.41) is 2.71. The summed E-state index contributed by atoms with van der Waals surface area (Å²) in [6.45, 7) is 1.58. The smallest absolute Gasteiger partial charge is 0.314 e. The molecule has 2 rings (SSSR count). The summed E-state index contributed by atoms with van der Waals surface area (Å²) in [6, 6.07) is 1.42. The minimum absolute atomic E-state index is 0. The van der Waals surface area contributed by atoms with Gasteiger partial charge in [-0.05, 0) is 17.7 Å².